The summed E-state index contributed by atoms with van der Waals surface area (Å²) in [6.07, 6.45) is 7.83. The standard InChI is InChI=1S/C26H29NO3/c1-2-3-16-29-26(28)25(21-17-22-14-15-23(18-21)30-22)27-24(19-10-6-4-7-11-19)20-12-8-5-9-13-20/h4-15,21-23,25H,2-3,16-18H2,1H3. The van der Waals surface area contributed by atoms with Crippen molar-refractivity contribution in [3.63, 3.8) is 0 Å². The van der Waals surface area contributed by atoms with E-state index in [2.05, 4.69) is 19.1 Å². The molecule has 2 bridgehead atoms. The summed E-state index contributed by atoms with van der Waals surface area (Å²) < 4.78 is 11.6. The Hall–Kier alpha value is -2.72. The van der Waals surface area contributed by atoms with Gasteiger partial charge in [0.15, 0.2) is 6.04 Å². The van der Waals surface area contributed by atoms with Gasteiger partial charge in [0, 0.05) is 11.1 Å². The van der Waals surface area contributed by atoms with Gasteiger partial charge in [-0.25, -0.2) is 4.79 Å². The van der Waals surface area contributed by atoms with Crippen LogP contribution in [0.5, 0.6) is 0 Å². The summed E-state index contributed by atoms with van der Waals surface area (Å²) in [6, 6.07) is 19.6. The molecule has 2 aliphatic heterocycles. The normalized spacial score (nSPS) is 23.0. The molecule has 2 aromatic carbocycles. The molecule has 0 aromatic heterocycles. The van der Waals surface area contributed by atoms with Gasteiger partial charge >= 0.3 is 5.97 Å². The Bertz CT molecular complexity index is 836. The van der Waals surface area contributed by atoms with Gasteiger partial charge in [-0.1, -0.05) is 86.2 Å². The van der Waals surface area contributed by atoms with Crippen molar-refractivity contribution in [1.29, 1.82) is 0 Å². The SMILES string of the molecule is CCCCOC(=O)C(N=C(c1ccccc1)c1ccccc1)C1CC2C=CC(C1)O2. The number of aliphatic imine (C=N–C) groups is 1. The van der Waals surface area contributed by atoms with Gasteiger partial charge in [-0.05, 0) is 25.2 Å². The molecule has 1 saturated heterocycles. The van der Waals surface area contributed by atoms with E-state index < -0.39 is 6.04 Å². The molecule has 2 aromatic rings. The van der Waals surface area contributed by atoms with Gasteiger partial charge in [-0.2, -0.15) is 0 Å². The van der Waals surface area contributed by atoms with Gasteiger partial charge in [0.25, 0.3) is 0 Å². The summed E-state index contributed by atoms with van der Waals surface area (Å²) in [5, 5.41) is 0. The zero-order valence-electron chi connectivity index (χ0n) is 17.4. The van der Waals surface area contributed by atoms with Gasteiger partial charge in [0.2, 0.25) is 0 Å². The quantitative estimate of drug-likeness (QED) is 0.271. The minimum absolute atomic E-state index is 0.0757. The highest BCUT2D eigenvalue weighted by Gasteiger charge is 2.39. The number of benzene rings is 2. The fourth-order valence-corrected chi connectivity index (χ4v) is 4.18. The minimum atomic E-state index is -0.536. The molecule has 0 spiro atoms. The molecule has 0 N–H and O–H groups in total. The highest BCUT2D eigenvalue weighted by molar-refractivity contribution is 6.13. The lowest BCUT2D eigenvalue weighted by Crippen LogP contribution is -2.38. The van der Waals surface area contributed by atoms with E-state index in [1.165, 1.54) is 0 Å². The number of fused-ring (bicyclic) bond motifs is 2. The van der Waals surface area contributed by atoms with Gasteiger partial charge in [-0.3, -0.25) is 4.99 Å². The van der Waals surface area contributed by atoms with Gasteiger partial charge in [0.1, 0.15) is 0 Å². The van der Waals surface area contributed by atoms with Crippen molar-refractivity contribution in [2.24, 2.45) is 10.9 Å². The third-order valence-corrected chi connectivity index (χ3v) is 5.75. The first-order chi connectivity index (χ1) is 14.7. The molecule has 1 fully saturated rings. The van der Waals surface area contributed by atoms with E-state index in [1.807, 2.05) is 60.7 Å². The maximum Gasteiger partial charge on any atom is 0.331 e. The van der Waals surface area contributed by atoms with Gasteiger partial charge in [-0.15, -0.1) is 0 Å². The average Bonchev–Trinajstić information content (AvgIpc) is 3.13. The molecule has 0 aliphatic carbocycles. The van der Waals surface area contributed by atoms with Crippen LogP contribution in [0.2, 0.25) is 0 Å². The molecule has 30 heavy (non-hydrogen) atoms. The largest absolute Gasteiger partial charge is 0.464 e. The number of esters is 1. The summed E-state index contributed by atoms with van der Waals surface area (Å²) in [5.74, 6) is -0.126. The van der Waals surface area contributed by atoms with Crippen LogP contribution in [0.4, 0.5) is 0 Å². The Morgan fingerprint density at radius 3 is 2.10 bits per heavy atom. The van der Waals surface area contributed by atoms with Crippen LogP contribution in [0.1, 0.15) is 43.7 Å². The van der Waals surface area contributed by atoms with E-state index in [-0.39, 0.29) is 24.1 Å². The molecule has 0 saturated carbocycles. The van der Waals surface area contributed by atoms with E-state index >= 15 is 0 Å². The number of hydrogen-bond acceptors (Lipinski definition) is 4. The predicted molar refractivity (Wildman–Crippen MR) is 119 cm³/mol. The molecule has 2 aliphatic rings. The summed E-state index contributed by atoms with van der Waals surface area (Å²) in [5.41, 5.74) is 2.84. The van der Waals surface area contributed by atoms with Crippen LogP contribution in [0.25, 0.3) is 0 Å². The molecule has 156 valence electrons. The number of carbonyl (C=O) groups is 1. The van der Waals surface area contributed by atoms with Crippen molar-refractivity contribution in [1.82, 2.24) is 0 Å². The highest BCUT2D eigenvalue weighted by atomic mass is 16.5. The van der Waals surface area contributed by atoms with Crippen LogP contribution in [0.3, 0.4) is 0 Å². The summed E-state index contributed by atoms with van der Waals surface area (Å²) in [7, 11) is 0. The maximum atomic E-state index is 13.2. The first kappa shape index (κ1) is 20.5. The molecular weight excluding hydrogens is 374 g/mol. The lowest BCUT2D eigenvalue weighted by molar-refractivity contribution is -0.148. The smallest absolute Gasteiger partial charge is 0.331 e. The van der Waals surface area contributed by atoms with Gasteiger partial charge < -0.3 is 9.47 Å². The number of ether oxygens (including phenoxy) is 2. The van der Waals surface area contributed by atoms with Crippen LogP contribution in [-0.2, 0) is 14.3 Å². The number of rotatable bonds is 8. The topological polar surface area (TPSA) is 47.9 Å². The third-order valence-electron chi connectivity index (χ3n) is 5.75. The highest BCUT2D eigenvalue weighted by Crippen LogP contribution is 2.35. The zero-order chi connectivity index (χ0) is 20.8. The molecule has 4 nitrogen and oxygen atoms in total. The summed E-state index contributed by atoms with van der Waals surface area (Å²) in [6.45, 7) is 2.54. The molecule has 0 radical (unpaired) electrons. The Balaban J connectivity index is 1.69. The molecule has 4 heteroatoms. The summed E-state index contributed by atoms with van der Waals surface area (Å²) >= 11 is 0. The van der Waals surface area contributed by atoms with Gasteiger partial charge in [0.05, 0.1) is 24.5 Å². The Morgan fingerprint density at radius 1 is 1.00 bits per heavy atom. The number of unbranched alkanes of at least 4 members (excludes halogenated alkanes) is 1. The maximum absolute atomic E-state index is 13.2. The number of hydrogen-bond donors (Lipinski definition) is 0. The molecule has 3 atom stereocenters. The molecule has 0 amide bonds. The van der Waals surface area contributed by atoms with Crippen molar-refractivity contribution in [2.75, 3.05) is 6.61 Å². The Labute approximate surface area is 178 Å². The lowest BCUT2D eigenvalue weighted by atomic mass is 9.87. The van der Waals surface area contributed by atoms with E-state index in [1.54, 1.807) is 0 Å². The molecule has 2 heterocycles. The molecular formula is C26H29NO3. The minimum Gasteiger partial charge on any atom is -0.464 e. The summed E-state index contributed by atoms with van der Waals surface area (Å²) in [4.78, 5) is 18.2. The first-order valence-corrected chi connectivity index (χ1v) is 10.9. The second kappa shape index (κ2) is 9.86. The molecule has 4 rings (SSSR count). The number of carbonyl (C=O) groups excluding carboxylic acids is 1. The molecule has 3 unspecified atom stereocenters. The van der Waals surface area contributed by atoms with Crippen molar-refractivity contribution >= 4 is 11.7 Å². The lowest BCUT2D eigenvalue weighted by Gasteiger charge is -2.32. The Kier molecular flexibility index (Phi) is 6.75. The van der Waals surface area contributed by atoms with Crippen LogP contribution < -0.4 is 0 Å². The van der Waals surface area contributed by atoms with E-state index in [0.29, 0.717) is 6.61 Å². The van der Waals surface area contributed by atoms with E-state index in [9.17, 15) is 4.79 Å². The second-order valence-electron chi connectivity index (χ2n) is 8.01. The van der Waals surface area contributed by atoms with Crippen molar-refractivity contribution < 1.29 is 14.3 Å². The fraction of sp³-hybridized carbons (Fsp3) is 0.385. The van der Waals surface area contributed by atoms with Crippen molar-refractivity contribution in [3.05, 3.63) is 83.9 Å². The average molecular weight is 404 g/mol. The first-order valence-electron chi connectivity index (χ1n) is 10.9. The van der Waals surface area contributed by atoms with Crippen LogP contribution in [-0.4, -0.2) is 36.5 Å². The second-order valence-corrected chi connectivity index (χ2v) is 8.01. The van der Waals surface area contributed by atoms with Crippen LogP contribution >= 0.6 is 0 Å². The van der Waals surface area contributed by atoms with Crippen molar-refractivity contribution in [3.8, 4) is 0 Å². The monoisotopic (exact) mass is 403 g/mol. The van der Waals surface area contributed by atoms with Crippen LogP contribution in [0.15, 0.2) is 77.8 Å². The van der Waals surface area contributed by atoms with Crippen LogP contribution in [0, 0.1) is 5.92 Å². The number of nitrogens with zero attached hydrogens (tertiary/aromatic N) is 1. The predicted octanol–water partition coefficient (Wildman–Crippen LogP) is 4.97. The van der Waals surface area contributed by atoms with E-state index in [4.69, 9.17) is 14.5 Å². The third kappa shape index (κ3) is 4.88. The fourth-order valence-electron chi connectivity index (χ4n) is 4.18. The van der Waals surface area contributed by atoms with Crippen molar-refractivity contribution in [2.45, 2.75) is 50.9 Å². The van der Waals surface area contributed by atoms with E-state index in [0.717, 1.165) is 42.5 Å². The zero-order valence-corrected chi connectivity index (χ0v) is 17.4. The Morgan fingerprint density at radius 2 is 1.57 bits per heavy atom.